The fourth-order valence-corrected chi connectivity index (χ4v) is 1.90. The molecule has 0 aromatic heterocycles. The van der Waals surface area contributed by atoms with Crippen LogP contribution >= 0.6 is 0 Å². The van der Waals surface area contributed by atoms with E-state index in [1.54, 1.807) is 4.90 Å². The maximum Gasteiger partial charge on any atom is 0.322 e. The molecule has 6 heteroatoms. The van der Waals surface area contributed by atoms with E-state index >= 15 is 0 Å². The summed E-state index contributed by atoms with van der Waals surface area (Å²) >= 11 is 0. The molecule has 0 bridgehead atoms. The highest BCUT2D eigenvalue weighted by Crippen LogP contribution is 2.15. The Kier molecular flexibility index (Phi) is 3.76. The largest absolute Gasteiger partial charge is 0.322 e. The van der Waals surface area contributed by atoms with Crippen LogP contribution in [0, 0.1) is 11.6 Å². The summed E-state index contributed by atoms with van der Waals surface area (Å²) in [6.07, 6.45) is 0. The molecule has 0 unspecified atom stereocenters. The molecule has 1 aromatic rings. The molecule has 0 radical (unpaired) electrons. The maximum absolute atomic E-state index is 13.4. The minimum absolute atomic E-state index is 0.00687. The van der Waals surface area contributed by atoms with Crippen LogP contribution in [-0.4, -0.2) is 36.6 Å². The lowest BCUT2D eigenvalue weighted by molar-refractivity contribution is 0.192. The number of urea groups is 1. The number of rotatable bonds is 1. The highest BCUT2D eigenvalue weighted by molar-refractivity contribution is 5.89. The van der Waals surface area contributed by atoms with Crippen molar-refractivity contribution >= 4 is 11.7 Å². The number of halogens is 2. The standard InChI is InChI=1S/C12H15F2N3O/c1-8-7-17(5-4-15-8)12(18)16-11-3-2-9(13)6-10(11)14/h2-3,6,8,15H,4-5,7H2,1H3,(H,16,18)/t8-/m1/s1. The van der Waals surface area contributed by atoms with E-state index in [-0.39, 0.29) is 17.8 Å². The topological polar surface area (TPSA) is 44.4 Å². The van der Waals surface area contributed by atoms with Crippen LogP contribution in [0.1, 0.15) is 6.92 Å². The first-order chi connectivity index (χ1) is 8.56. The predicted molar refractivity (Wildman–Crippen MR) is 64.4 cm³/mol. The smallest absolute Gasteiger partial charge is 0.322 e. The highest BCUT2D eigenvalue weighted by Gasteiger charge is 2.21. The Morgan fingerprint density at radius 2 is 2.28 bits per heavy atom. The molecule has 1 heterocycles. The van der Waals surface area contributed by atoms with Gasteiger partial charge in [-0.1, -0.05) is 0 Å². The quantitative estimate of drug-likeness (QED) is 0.803. The number of amides is 2. The van der Waals surface area contributed by atoms with Gasteiger partial charge in [0.1, 0.15) is 11.6 Å². The molecular weight excluding hydrogens is 240 g/mol. The molecule has 0 aliphatic carbocycles. The minimum atomic E-state index is -0.772. The van der Waals surface area contributed by atoms with Crippen molar-refractivity contribution in [2.24, 2.45) is 0 Å². The first-order valence-electron chi connectivity index (χ1n) is 5.80. The summed E-state index contributed by atoms with van der Waals surface area (Å²) in [4.78, 5) is 13.5. The van der Waals surface area contributed by atoms with Crippen molar-refractivity contribution < 1.29 is 13.6 Å². The van der Waals surface area contributed by atoms with Crippen LogP contribution in [0.2, 0.25) is 0 Å². The Morgan fingerprint density at radius 1 is 1.50 bits per heavy atom. The van der Waals surface area contributed by atoms with E-state index in [4.69, 9.17) is 0 Å². The third kappa shape index (κ3) is 2.95. The summed E-state index contributed by atoms with van der Waals surface area (Å²) in [5, 5.41) is 5.65. The van der Waals surface area contributed by atoms with E-state index in [1.807, 2.05) is 6.92 Å². The van der Waals surface area contributed by atoms with Gasteiger partial charge in [0.05, 0.1) is 5.69 Å². The lowest BCUT2D eigenvalue weighted by atomic mass is 10.2. The van der Waals surface area contributed by atoms with Gasteiger partial charge in [-0.25, -0.2) is 13.6 Å². The molecule has 1 aliphatic heterocycles. The Bertz CT molecular complexity index is 453. The Hall–Kier alpha value is -1.69. The van der Waals surface area contributed by atoms with Crippen molar-refractivity contribution in [3.8, 4) is 0 Å². The Balaban J connectivity index is 2.02. The summed E-state index contributed by atoms with van der Waals surface area (Å²) < 4.78 is 26.1. The van der Waals surface area contributed by atoms with Gasteiger partial charge >= 0.3 is 6.03 Å². The molecule has 0 spiro atoms. The van der Waals surface area contributed by atoms with Gasteiger partial charge in [-0.3, -0.25) is 0 Å². The molecular formula is C12H15F2N3O. The molecule has 1 fully saturated rings. The molecule has 2 amide bonds. The first-order valence-corrected chi connectivity index (χ1v) is 5.80. The van der Waals surface area contributed by atoms with Gasteiger partial charge in [-0.05, 0) is 19.1 Å². The number of nitrogens with zero attached hydrogens (tertiary/aromatic N) is 1. The second kappa shape index (κ2) is 5.30. The molecule has 2 rings (SSSR count). The van der Waals surface area contributed by atoms with Crippen LogP contribution in [0.25, 0.3) is 0 Å². The van der Waals surface area contributed by atoms with Gasteiger partial charge < -0.3 is 15.5 Å². The van der Waals surface area contributed by atoms with Crippen molar-refractivity contribution in [3.63, 3.8) is 0 Å². The Labute approximate surface area is 104 Å². The molecule has 1 saturated heterocycles. The number of nitrogens with one attached hydrogen (secondary N) is 2. The lowest BCUT2D eigenvalue weighted by Gasteiger charge is -2.31. The van der Waals surface area contributed by atoms with Gasteiger partial charge in [0.2, 0.25) is 0 Å². The minimum Gasteiger partial charge on any atom is -0.322 e. The zero-order valence-electron chi connectivity index (χ0n) is 10.0. The van der Waals surface area contributed by atoms with Crippen molar-refractivity contribution in [2.45, 2.75) is 13.0 Å². The number of hydrogen-bond donors (Lipinski definition) is 2. The summed E-state index contributed by atoms with van der Waals surface area (Å²) in [7, 11) is 0. The van der Waals surface area contributed by atoms with Crippen LogP contribution in [0.5, 0.6) is 0 Å². The van der Waals surface area contributed by atoms with E-state index in [9.17, 15) is 13.6 Å². The zero-order chi connectivity index (χ0) is 13.1. The highest BCUT2D eigenvalue weighted by atomic mass is 19.1. The second-order valence-corrected chi connectivity index (χ2v) is 4.36. The van der Waals surface area contributed by atoms with Gasteiger partial charge in [-0.15, -0.1) is 0 Å². The third-order valence-corrected chi connectivity index (χ3v) is 2.83. The first kappa shape index (κ1) is 12.8. The van der Waals surface area contributed by atoms with Crippen LogP contribution < -0.4 is 10.6 Å². The summed E-state index contributed by atoms with van der Waals surface area (Å²) in [6.45, 7) is 3.81. The molecule has 4 nitrogen and oxygen atoms in total. The lowest BCUT2D eigenvalue weighted by Crippen LogP contribution is -2.52. The number of piperazine rings is 1. The number of benzene rings is 1. The fraction of sp³-hybridized carbons (Fsp3) is 0.417. The molecule has 2 N–H and O–H groups in total. The van der Waals surface area contributed by atoms with E-state index in [2.05, 4.69) is 10.6 Å². The SMILES string of the molecule is C[C@@H]1CN(C(=O)Nc2ccc(F)cc2F)CCN1. The van der Waals surface area contributed by atoms with Crippen molar-refractivity contribution in [3.05, 3.63) is 29.8 Å². The van der Waals surface area contributed by atoms with Gasteiger partial charge in [0.25, 0.3) is 0 Å². The van der Waals surface area contributed by atoms with Gasteiger partial charge in [0.15, 0.2) is 0 Å². The van der Waals surface area contributed by atoms with Crippen LogP contribution in [0.3, 0.4) is 0 Å². The maximum atomic E-state index is 13.4. The van der Waals surface area contributed by atoms with Crippen molar-refractivity contribution in [1.82, 2.24) is 10.2 Å². The van der Waals surface area contributed by atoms with E-state index < -0.39 is 11.6 Å². The monoisotopic (exact) mass is 255 g/mol. The third-order valence-electron chi connectivity index (χ3n) is 2.83. The molecule has 98 valence electrons. The van der Waals surface area contributed by atoms with E-state index in [0.717, 1.165) is 12.1 Å². The molecule has 18 heavy (non-hydrogen) atoms. The normalized spacial score (nSPS) is 19.7. The summed E-state index contributed by atoms with van der Waals surface area (Å²) in [5.74, 6) is -1.44. The zero-order valence-corrected chi connectivity index (χ0v) is 10.0. The number of carbonyl (C=O) groups is 1. The summed E-state index contributed by atoms with van der Waals surface area (Å²) in [6, 6.07) is 2.92. The van der Waals surface area contributed by atoms with Gasteiger partial charge in [-0.2, -0.15) is 0 Å². The predicted octanol–water partition coefficient (Wildman–Crippen LogP) is 1.79. The van der Waals surface area contributed by atoms with E-state index in [0.29, 0.717) is 19.6 Å². The molecule has 0 saturated carbocycles. The van der Waals surface area contributed by atoms with Crippen LogP contribution in [0.15, 0.2) is 18.2 Å². The van der Waals surface area contributed by atoms with Crippen LogP contribution in [-0.2, 0) is 0 Å². The number of hydrogen-bond acceptors (Lipinski definition) is 2. The molecule has 1 aromatic carbocycles. The summed E-state index contributed by atoms with van der Waals surface area (Å²) in [5.41, 5.74) is -0.00687. The van der Waals surface area contributed by atoms with Crippen molar-refractivity contribution in [1.29, 1.82) is 0 Å². The average molecular weight is 255 g/mol. The second-order valence-electron chi connectivity index (χ2n) is 4.36. The van der Waals surface area contributed by atoms with Gasteiger partial charge in [0, 0.05) is 31.7 Å². The molecule has 1 aliphatic rings. The molecule has 1 atom stereocenters. The number of carbonyl (C=O) groups excluding carboxylic acids is 1. The van der Waals surface area contributed by atoms with Crippen LogP contribution in [0.4, 0.5) is 19.3 Å². The van der Waals surface area contributed by atoms with E-state index in [1.165, 1.54) is 6.07 Å². The average Bonchev–Trinajstić information content (AvgIpc) is 2.32. The fourth-order valence-electron chi connectivity index (χ4n) is 1.90. The number of anilines is 1. The Morgan fingerprint density at radius 3 is 2.94 bits per heavy atom. The van der Waals surface area contributed by atoms with Crippen molar-refractivity contribution in [2.75, 3.05) is 25.0 Å².